The topological polar surface area (TPSA) is 78.9 Å². The molecule has 6 nitrogen and oxygen atoms in total. The third-order valence-electron chi connectivity index (χ3n) is 12.9. The second-order valence-corrected chi connectivity index (χ2v) is 20.2. The second-order valence-electron chi connectivity index (χ2n) is 20.2. The molecule has 0 amide bonds. The Labute approximate surface area is 468 Å². The third kappa shape index (κ3) is 60.4. The Hall–Kier alpha value is -4.45. The summed E-state index contributed by atoms with van der Waals surface area (Å²) in [4.78, 5) is 38.3. The number of carbonyl (C=O) groups excluding carboxylic acids is 3. The molecule has 0 saturated carbocycles. The number of hydrogen-bond acceptors (Lipinski definition) is 6. The van der Waals surface area contributed by atoms with E-state index in [1.165, 1.54) is 77.0 Å². The van der Waals surface area contributed by atoms with E-state index < -0.39 is 6.10 Å². The molecule has 0 N–H and O–H groups in total. The lowest BCUT2D eigenvalue weighted by atomic mass is 10.1. The van der Waals surface area contributed by atoms with Gasteiger partial charge in [0.2, 0.25) is 0 Å². The van der Waals surface area contributed by atoms with E-state index in [2.05, 4.69) is 154 Å². The van der Waals surface area contributed by atoms with Crippen LogP contribution in [0.15, 0.2) is 134 Å². The Bertz CT molecular complexity index is 1630. The Morgan fingerprint density at radius 2 is 0.513 bits per heavy atom. The zero-order valence-electron chi connectivity index (χ0n) is 49.2. The molecule has 1 atom stereocenters. The van der Waals surface area contributed by atoms with Crippen molar-refractivity contribution in [2.24, 2.45) is 0 Å². The number of hydrogen-bond donors (Lipinski definition) is 0. The first-order valence-corrected chi connectivity index (χ1v) is 31.2. The summed E-state index contributed by atoms with van der Waals surface area (Å²) in [5, 5.41) is 0. The summed E-state index contributed by atoms with van der Waals surface area (Å²) < 4.78 is 16.9. The summed E-state index contributed by atoms with van der Waals surface area (Å²) in [5.74, 6) is -0.925. The fourth-order valence-corrected chi connectivity index (χ4v) is 8.25. The van der Waals surface area contributed by atoms with Crippen molar-refractivity contribution in [3.8, 4) is 0 Å². The van der Waals surface area contributed by atoms with Gasteiger partial charge in [-0.1, -0.05) is 251 Å². The first kappa shape index (κ1) is 71.5. The SMILES string of the molecule is CC/C=C\C/C=C\C/C=C\C/C=C\C/C=C\CCCCCCCCCC(=O)OCC(COC(=O)CCCCCCC/C=C\CCCCC)OC(=O)CCCCCCCCC/C=C\C/C=C\C/C=C\C/C=C\C/C=C\CC. The summed E-state index contributed by atoms with van der Waals surface area (Å²) in [6.45, 7) is 6.37. The molecule has 0 heterocycles. The normalized spacial score (nSPS) is 13.0. The molecule has 0 aromatic heterocycles. The van der Waals surface area contributed by atoms with Gasteiger partial charge in [-0.05, 0) is 135 Å². The van der Waals surface area contributed by atoms with Crippen LogP contribution in [0.3, 0.4) is 0 Å². The lowest BCUT2D eigenvalue weighted by molar-refractivity contribution is -0.167. The van der Waals surface area contributed by atoms with Gasteiger partial charge in [0, 0.05) is 19.3 Å². The van der Waals surface area contributed by atoms with Gasteiger partial charge in [-0.3, -0.25) is 14.4 Å². The van der Waals surface area contributed by atoms with Crippen molar-refractivity contribution in [3.63, 3.8) is 0 Å². The van der Waals surface area contributed by atoms with Crippen molar-refractivity contribution in [1.29, 1.82) is 0 Å². The standard InChI is InChI=1S/C70H114O6/c1-4-7-10-13-16-19-22-25-27-29-31-33-35-37-39-41-43-45-48-51-54-57-60-63-69(72)75-66-67(65-74-68(71)62-59-56-53-50-47-24-21-18-15-12-9-6-3)76-70(73)64-61-58-55-52-49-46-44-42-40-38-36-34-32-30-28-26-23-20-17-14-11-8-5-2/h7-8,10-11,16-21,25-28,31-34,37-40,67H,4-6,9,12-15,22-24,29-30,35-36,41-66H2,1-3H3/b10-7-,11-8-,19-16-,20-17-,21-18-,27-25-,28-26-,33-31-,34-32-,39-37-,40-38-. The van der Waals surface area contributed by atoms with Crippen molar-refractivity contribution >= 4 is 17.9 Å². The fourth-order valence-electron chi connectivity index (χ4n) is 8.25. The van der Waals surface area contributed by atoms with E-state index in [1.54, 1.807) is 0 Å². The average Bonchev–Trinajstić information content (AvgIpc) is 3.42. The number of esters is 3. The highest BCUT2D eigenvalue weighted by atomic mass is 16.6. The molecule has 76 heavy (non-hydrogen) atoms. The van der Waals surface area contributed by atoms with E-state index in [4.69, 9.17) is 14.2 Å². The highest BCUT2D eigenvalue weighted by Gasteiger charge is 2.19. The van der Waals surface area contributed by atoms with Crippen LogP contribution < -0.4 is 0 Å². The zero-order valence-corrected chi connectivity index (χ0v) is 49.2. The Kier molecular flexibility index (Phi) is 59.4. The summed E-state index contributed by atoms with van der Waals surface area (Å²) in [6, 6.07) is 0. The largest absolute Gasteiger partial charge is 0.462 e. The molecule has 0 radical (unpaired) electrons. The lowest BCUT2D eigenvalue weighted by Crippen LogP contribution is -2.30. The van der Waals surface area contributed by atoms with Crippen LogP contribution in [0.5, 0.6) is 0 Å². The molecule has 0 aromatic carbocycles. The minimum atomic E-state index is -0.798. The van der Waals surface area contributed by atoms with Crippen LogP contribution >= 0.6 is 0 Å². The first-order chi connectivity index (χ1) is 37.5. The molecule has 0 aromatic rings. The maximum absolute atomic E-state index is 12.9. The quantitative estimate of drug-likeness (QED) is 0.0261. The molecular formula is C70H114O6. The zero-order chi connectivity index (χ0) is 55.0. The minimum absolute atomic E-state index is 0.0941. The molecule has 430 valence electrons. The van der Waals surface area contributed by atoms with E-state index in [9.17, 15) is 14.4 Å². The lowest BCUT2D eigenvalue weighted by Gasteiger charge is -2.18. The predicted molar refractivity (Wildman–Crippen MR) is 329 cm³/mol. The maximum Gasteiger partial charge on any atom is 0.306 e. The summed E-state index contributed by atoms with van der Waals surface area (Å²) in [5.41, 5.74) is 0. The number of unbranched alkanes of at least 4 members (excludes halogenated alkanes) is 22. The summed E-state index contributed by atoms with van der Waals surface area (Å²) in [6.07, 6.45) is 88.7. The molecular weight excluding hydrogens is 937 g/mol. The van der Waals surface area contributed by atoms with E-state index >= 15 is 0 Å². The van der Waals surface area contributed by atoms with Gasteiger partial charge in [-0.15, -0.1) is 0 Å². The van der Waals surface area contributed by atoms with Gasteiger partial charge in [0.1, 0.15) is 13.2 Å². The highest BCUT2D eigenvalue weighted by Crippen LogP contribution is 2.15. The van der Waals surface area contributed by atoms with Gasteiger partial charge in [-0.2, -0.15) is 0 Å². The fraction of sp³-hybridized carbons (Fsp3) is 0.643. The molecule has 0 fully saturated rings. The van der Waals surface area contributed by atoms with E-state index in [0.717, 1.165) is 154 Å². The van der Waals surface area contributed by atoms with Gasteiger partial charge >= 0.3 is 17.9 Å². The smallest absolute Gasteiger partial charge is 0.306 e. The monoisotopic (exact) mass is 1050 g/mol. The van der Waals surface area contributed by atoms with Gasteiger partial charge in [0.15, 0.2) is 6.10 Å². The summed E-state index contributed by atoms with van der Waals surface area (Å²) >= 11 is 0. The Balaban J connectivity index is 4.40. The van der Waals surface area contributed by atoms with Crippen molar-refractivity contribution in [1.82, 2.24) is 0 Å². The van der Waals surface area contributed by atoms with Crippen LogP contribution in [0.4, 0.5) is 0 Å². The molecule has 0 spiro atoms. The Morgan fingerprint density at radius 1 is 0.276 bits per heavy atom. The molecule has 0 rings (SSSR count). The predicted octanol–water partition coefficient (Wildman–Crippen LogP) is 21.4. The molecule has 0 aliphatic rings. The van der Waals surface area contributed by atoms with Crippen LogP contribution in [-0.4, -0.2) is 37.2 Å². The van der Waals surface area contributed by atoms with Crippen molar-refractivity contribution < 1.29 is 28.6 Å². The third-order valence-corrected chi connectivity index (χ3v) is 12.9. The number of ether oxygens (including phenoxy) is 3. The van der Waals surface area contributed by atoms with Crippen LogP contribution in [0.2, 0.25) is 0 Å². The first-order valence-electron chi connectivity index (χ1n) is 31.2. The molecule has 0 aliphatic heterocycles. The van der Waals surface area contributed by atoms with Gasteiger partial charge < -0.3 is 14.2 Å². The van der Waals surface area contributed by atoms with Crippen molar-refractivity contribution in [2.75, 3.05) is 13.2 Å². The van der Waals surface area contributed by atoms with Gasteiger partial charge in [0.05, 0.1) is 0 Å². The van der Waals surface area contributed by atoms with Gasteiger partial charge in [0.25, 0.3) is 0 Å². The number of allylic oxidation sites excluding steroid dienone is 22. The van der Waals surface area contributed by atoms with E-state index in [-0.39, 0.29) is 31.1 Å². The van der Waals surface area contributed by atoms with Gasteiger partial charge in [-0.25, -0.2) is 0 Å². The van der Waals surface area contributed by atoms with Crippen LogP contribution in [0.1, 0.15) is 271 Å². The molecule has 0 aliphatic carbocycles. The summed E-state index contributed by atoms with van der Waals surface area (Å²) in [7, 11) is 0. The molecule has 0 saturated heterocycles. The molecule has 6 heteroatoms. The van der Waals surface area contributed by atoms with Crippen LogP contribution in [-0.2, 0) is 28.6 Å². The van der Waals surface area contributed by atoms with Crippen LogP contribution in [0, 0.1) is 0 Å². The minimum Gasteiger partial charge on any atom is -0.462 e. The highest BCUT2D eigenvalue weighted by molar-refractivity contribution is 5.71. The average molecular weight is 1050 g/mol. The van der Waals surface area contributed by atoms with Crippen molar-refractivity contribution in [2.45, 2.75) is 277 Å². The van der Waals surface area contributed by atoms with Crippen LogP contribution in [0.25, 0.3) is 0 Å². The maximum atomic E-state index is 12.9. The Morgan fingerprint density at radius 3 is 0.816 bits per heavy atom. The second kappa shape index (κ2) is 63.1. The number of carbonyl (C=O) groups is 3. The number of rotatable bonds is 55. The molecule has 0 bridgehead atoms. The van der Waals surface area contributed by atoms with E-state index in [0.29, 0.717) is 19.3 Å². The van der Waals surface area contributed by atoms with Crippen molar-refractivity contribution in [3.05, 3.63) is 134 Å². The molecule has 1 unspecified atom stereocenters. The van der Waals surface area contributed by atoms with E-state index in [1.807, 2.05) is 0 Å².